The van der Waals surface area contributed by atoms with Gasteiger partial charge in [0.15, 0.2) is 11.5 Å². The fourth-order valence-corrected chi connectivity index (χ4v) is 4.58. The van der Waals surface area contributed by atoms with Crippen molar-refractivity contribution in [2.75, 3.05) is 19.8 Å². The summed E-state index contributed by atoms with van der Waals surface area (Å²) in [6.07, 6.45) is 3.67. The summed E-state index contributed by atoms with van der Waals surface area (Å²) in [5.41, 5.74) is 0.273. The number of amides is 3. The van der Waals surface area contributed by atoms with E-state index in [4.69, 9.17) is 9.47 Å². The number of imide groups is 1. The van der Waals surface area contributed by atoms with Crippen LogP contribution in [0.3, 0.4) is 0 Å². The number of benzene rings is 1. The lowest BCUT2D eigenvalue weighted by Crippen LogP contribution is -2.43. The molecule has 0 spiro atoms. The molecular formula is C22H28N2O5. The average molecular weight is 400 g/mol. The number of hydrogen-bond donors (Lipinski definition) is 1. The maximum atomic E-state index is 12.6. The Morgan fingerprint density at radius 3 is 2.34 bits per heavy atom. The van der Waals surface area contributed by atoms with Crippen molar-refractivity contribution in [3.8, 4) is 11.5 Å². The van der Waals surface area contributed by atoms with Gasteiger partial charge in [-0.1, -0.05) is 18.9 Å². The molecule has 1 saturated carbocycles. The van der Waals surface area contributed by atoms with E-state index in [1.54, 1.807) is 0 Å². The van der Waals surface area contributed by atoms with Crippen LogP contribution in [0, 0.1) is 11.8 Å². The van der Waals surface area contributed by atoms with Gasteiger partial charge in [0.2, 0.25) is 17.7 Å². The minimum atomic E-state index is -0.625. The van der Waals surface area contributed by atoms with E-state index in [9.17, 15) is 14.4 Å². The van der Waals surface area contributed by atoms with Crippen LogP contribution in [0.15, 0.2) is 18.2 Å². The van der Waals surface area contributed by atoms with Gasteiger partial charge in [0.05, 0.1) is 17.4 Å². The average Bonchev–Trinajstić information content (AvgIpc) is 2.96. The number of nitrogens with zero attached hydrogens (tertiary/aromatic N) is 1. The predicted octanol–water partition coefficient (Wildman–Crippen LogP) is 2.37. The minimum absolute atomic E-state index is 0.0985. The van der Waals surface area contributed by atoms with Crippen LogP contribution in [0.4, 0.5) is 0 Å². The monoisotopic (exact) mass is 400 g/mol. The van der Waals surface area contributed by atoms with Crippen molar-refractivity contribution in [1.29, 1.82) is 0 Å². The van der Waals surface area contributed by atoms with Crippen LogP contribution in [-0.2, 0) is 19.9 Å². The lowest BCUT2D eigenvalue weighted by molar-refractivity contribution is -0.140. The highest BCUT2D eigenvalue weighted by Gasteiger charge is 2.47. The largest absolute Gasteiger partial charge is 0.486 e. The zero-order valence-corrected chi connectivity index (χ0v) is 17.0. The first-order valence-electron chi connectivity index (χ1n) is 10.4. The van der Waals surface area contributed by atoms with Crippen LogP contribution >= 0.6 is 0 Å². The van der Waals surface area contributed by atoms with Crippen molar-refractivity contribution in [2.45, 2.75) is 51.5 Å². The summed E-state index contributed by atoms with van der Waals surface area (Å²) in [4.78, 5) is 39.0. The molecule has 156 valence electrons. The Labute approximate surface area is 170 Å². The highest BCUT2D eigenvalue weighted by Crippen LogP contribution is 2.38. The number of ether oxygens (including phenoxy) is 2. The number of carbonyl (C=O) groups excluding carboxylic acids is 3. The SMILES string of the molecule is CC(C)(NC(=O)CCN1C(=O)C2CCCCC2C1=O)c1ccc2c(c1)OCCO2. The minimum Gasteiger partial charge on any atom is -0.486 e. The molecule has 0 bridgehead atoms. The zero-order valence-electron chi connectivity index (χ0n) is 17.0. The standard InChI is InChI=1S/C22H28N2O5/c1-22(2,14-7-8-17-18(13-14)29-12-11-28-17)23-19(25)9-10-24-20(26)15-5-3-4-6-16(15)21(24)27/h7-8,13,15-16H,3-6,9-12H2,1-2H3,(H,23,25). The molecule has 2 heterocycles. The molecule has 2 atom stereocenters. The summed E-state index contributed by atoms with van der Waals surface area (Å²) in [5, 5.41) is 3.01. The Morgan fingerprint density at radius 2 is 1.69 bits per heavy atom. The summed E-state index contributed by atoms with van der Waals surface area (Å²) >= 11 is 0. The van der Waals surface area contributed by atoms with Crippen molar-refractivity contribution in [2.24, 2.45) is 11.8 Å². The molecule has 3 amide bonds. The van der Waals surface area contributed by atoms with Crippen LogP contribution in [0.25, 0.3) is 0 Å². The first-order chi connectivity index (χ1) is 13.9. The molecule has 2 aliphatic heterocycles. The van der Waals surface area contributed by atoms with Gasteiger partial charge in [-0.05, 0) is 44.4 Å². The second-order valence-corrected chi connectivity index (χ2v) is 8.61. The van der Waals surface area contributed by atoms with E-state index in [0.29, 0.717) is 24.7 Å². The third-order valence-electron chi connectivity index (χ3n) is 6.21. The van der Waals surface area contributed by atoms with Gasteiger partial charge in [-0.25, -0.2) is 0 Å². The summed E-state index contributed by atoms with van der Waals surface area (Å²) in [6, 6.07) is 5.64. The van der Waals surface area contributed by atoms with E-state index in [2.05, 4.69) is 5.32 Å². The fraction of sp³-hybridized carbons (Fsp3) is 0.591. The third kappa shape index (κ3) is 3.82. The fourth-order valence-electron chi connectivity index (χ4n) is 4.58. The second kappa shape index (κ2) is 7.69. The van der Waals surface area contributed by atoms with Crippen molar-refractivity contribution < 1.29 is 23.9 Å². The van der Waals surface area contributed by atoms with E-state index in [1.807, 2.05) is 32.0 Å². The smallest absolute Gasteiger partial charge is 0.233 e. The lowest BCUT2D eigenvalue weighted by atomic mass is 9.81. The molecule has 29 heavy (non-hydrogen) atoms. The molecule has 2 fully saturated rings. The molecule has 1 N–H and O–H groups in total. The van der Waals surface area contributed by atoms with Crippen LogP contribution in [0.1, 0.15) is 51.5 Å². The summed E-state index contributed by atoms with van der Waals surface area (Å²) in [6.45, 7) is 5.01. The Balaban J connectivity index is 1.36. The van der Waals surface area contributed by atoms with Crippen molar-refractivity contribution in [3.05, 3.63) is 23.8 Å². The highest BCUT2D eigenvalue weighted by atomic mass is 16.6. The molecular weight excluding hydrogens is 372 g/mol. The van der Waals surface area contributed by atoms with Crippen LogP contribution in [-0.4, -0.2) is 42.4 Å². The maximum absolute atomic E-state index is 12.6. The second-order valence-electron chi connectivity index (χ2n) is 8.61. The molecule has 7 nitrogen and oxygen atoms in total. The maximum Gasteiger partial charge on any atom is 0.233 e. The first-order valence-corrected chi connectivity index (χ1v) is 10.4. The van der Waals surface area contributed by atoms with E-state index in [0.717, 1.165) is 31.2 Å². The van der Waals surface area contributed by atoms with Crippen LogP contribution in [0.2, 0.25) is 0 Å². The molecule has 1 saturated heterocycles. The topological polar surface area (TPSA) is 84.9 Å². The molecule has 1 aliphatic carbocycles. The molecule has 0 radical (unpaired) electrons. The zero-order chi connectivity index (χ0) is 20.6. The van der Waals surface area contributed by atoms with Gasteiger partial charge < -0.3 is 14.8 Å². The summed E-state index contributed by atoms with van der Waals surface area (Å²) in [7, 11) is 0. The Bertz CT molecular complexity index is 810. The molecule has 7 heteroatoms. The summed E-state index contributed by atoms with van der Waals surface area (Å²) < 4.78 is 11.2. The number of carbonyl (C=O) groups is 3. The van der Waals surface area contributed by atoms with E-state index < -0.39 is 5.54 Å². The molecule has 4 rings (SSSR count). The molecule has 2 unspecified atom stereocenters. The normalized spacial score (nSPS) is 23.7. The van der Waals surface area contributed by atoms with E-state index in [-0.39, 0.29) is 42.5 Å². The highest BCUT2D eigenvalue weighted by molar-refractivity contribution is 6.05. The van der Waals surface area contributed by atoms with Gasteiger partial charge in [-0.3, -0.25) is 19.3 Å². The third-order valence-corrected chi connectivity index (χ3v) is 6.21. The number of likely N-dealkylation sites (tertiary alicyclic amines) is 1. The quantitative estimate of drug-likeness (QED) is 0.767. The van der Waals surface area contributed by atoms with Gasteiger partial charge >= 0.3 is 0 Å². The molecule has 0 aromatic heterocycles. The number of rotatable bonds is 5. The van der Waals surface area contributed by atoms with Gasteiger partial charge in [0.1, 0.15) is 13.2 Å². The number of hydrogen-bond acceptors (Lipinski definition) is 5. The predicted molar refractivity (Wildman–Crippen MR) is 105 cm³/mol. The Kier molecular flexibility index (Phi) is 5.23. The summed E-state index contributed by atoms with van der Waals surface area (Å²) in [5.74, 6) is 0.640. The van der Waals surface area contributed by atoms with Gasteiger partial charge in [0.25, 0.3) is 0 Å². The molecule has 3 aliphatic rings. The number of fused-ring (bicyclic) bond motifs is 2. The van der Waals surface area contributed by atoms with Crippen molar-refractivity contribution in [1.82, 2.24) is 10.2 Å². The van der Waals surface area contributed by atoms with E-state index >= 15 is 0 Å². The van der Waals surface area contributed by atoms with Gasteiger partial charge in [0, 0.05) is 13.0 Å². The van der Waals surface area contributed by atoms with Crippen molar-refractivity contribution in [3.63, 3.8) is 0 Å². The first kappa shape index (κ1) is 19.7. The van der Waals surface area contributed by atoms with Gasteiger partial charge in [-0.2, -0.15) is 0 Å². The molecule has 1 aromatic rings. The lowest BCUT2D eigenvalue weighted by Gasteiger charge is -2.29. The molecule has 1 aromatic carbocycles. The van der Waals surface area contributed by atoms with Crippen LogP contribution in [0.5, 0.6) is 11.5 Å². The Hall–Kier alpha value is -2.57. The van der Waals surface area contributed by atoms with Crippen molar-refractivity contribution >= 4 is 17.7 Å². The van der Waals surface area contributed by atoms with Crippen LogP contribution < -0.4 is 14.8 Å². The number of nitrogens with one attached hydrogen (secondary N) is 1. The van der Waals surface area contributed by atoms with E-state index in [1.165, 1.54) is 4.90 Å². The van der Waals surface area contributed by atoms with Gasteiger partial charge in [-0.15, -0.1) is 0 Å². The Morgan fingerprint density at radius 1 is 1.07 bits per heavy atom.